The van der Waals surface area contributed by atoms with Crippen molar-refractivity contribution in [3.63, 3.8) is 0 Å². The monoisotopic (exact) mass is 361 g/mol. The van der Waals surface area contributed by atoms with Gasteiger partial charge < -0.3 is 4.90 Å². The molecule has 1 unspecified atom stereocenters. The first kappa shape index (κ1) is 18.6. The second-order valence-electron chi connectivity index (χ2n) is 6.41. The van der Waals surface area contributed by atoms with Gasteiger partial charge in [-0.3, -0.25) is 9.59 Å². The molecule has 1 heterocycles. The fourth-order valence-electron chi connectivity index (χ4n) is 3.11. The molecule has 0 saturated heterocycles. The Morgan fingerprint density at radius 2 is 1.70 bits per heavy atom. The third-order valence-corrected chi connectivity index (χ3v) is 4.61. The summed E-state index contributed by atoms with van der Waals surface area (Å²) in [6, 6.07) is 19.8. The number of rotatable bonds is 5. The highest BCUT2D eigenvalue weighted by Crippen LogP contribution is 2.22. The summed E-state index contributed by atoms with van der Waals surface area (Å²) in [5.41, 5.74) is 3.13. The fourth-order valence-corrected chi connectivity index (χ4v) is 3.11. The average molecular weight is 361 g/mol. The molecule has 0 N–H and O–H groups in total. The minimum absolute atomic E-state index is 0.161. The van der Waals surface area contributed by atoms with Gasteiger partial charge in [0.2, 0.25) is 0 Å². The van der Waals surface area contributed by atoms with E-state index in [0.29, 0.717) is 12.2 Å². The Bertz CT molecular complexity index is 996. The zero-order valence-electron chi connectivity index (χ0n) is 15.8. The van der Waals surface area contributed by atoms with Gasteiger partial charge in [-0.15, -0.1) is 0 Å². The van der Waals surface area contributed by atoms with E-state index in [1.165, 1.54) is 10.7 Å². The summed E-state index contributed by atoms with van der Waals surface area (Å²) >= 11 is 0. The topological polar surface area (TPSA) is 55.2 Å². The van der Waals surface area contributed by atoms with Crippen LogP contribution in [0.2, 0.25) is 0 Å². The van der Waals surface area contributed by atoms with Crippen LogP contribution in [0.1, 0.15) is 25.5 Å². The smallest absolute Gasteiger partial charge is 0.267 e. The number of likely N-dealkylation sites (N-methyl/N-ethyl adjacent to an activating group) is 1. The average Bonchev–Trinajstić information content (AvgIpc) is 2.70. The summed E-state index contributed by atoms with van der Waals surface area (Å²) in [5.74, 6) is -0.161. The number of nitrogens with zero attached hydrogens (tertiary/aromatic N) is 3. The lowest BCUT2D eigenvalue weighted by molar-refractivity contribution is -0.121. The SMILES string of the molecule is CCN(C(=O)C(C)n1nc(-c2ccccc2)ccc1=O)c1ccccc1C. The summed E-state index contributed by atoms with van der Waals surface area (Å²) in [5, 5.41) is 4.45. The number of benzene rings is 2. The van der Waals surface area contributed by atoms with Gasteiger partial charge in [0, 0.05) is 23.9 Å². The highest BCUT2D eigenvalue weighted by molar-refractivity contribution is 5.96. The van der Waals surface area contributed by atoms with E-state index in [-0.39, 0.29) is 11.5 Å². The van der Waals surface area contributed by atoms with Crippen LogP contribution < -0.4 is 10.5 Å². The molecule has 0 aliphatic carbocycles. The molecule has 27 heavy (non-hydrogen) atoms. The molecule has 0 saturated carbocycles. The van der Waals surface area contributed by atoms with E-state index in [4.69, 9.17) is 0 Å². The highest BCUT2D eigenvalue weighted by Gasteiger charge is 2.25. The van der Waals surface area contributed by atoms with E-state index in [9.17, 15) is 9.59 Å². The van der Waals surface area contributed by atoms with Gasteiger partial charge in [0.1, 0.15) is 6.04 Å². The van der Waals surface area contributed by atoms with Crippen LogP contribution in [0.3, 0.4) is 0 Å². The summed E-state index contributed by atoms with van der Waals surface area (Å²) in [4.78, 5) is 27.2. The molecule has 3 rings (SSSR count). The number of carbonyl (C=O) groups is 1. The van der Waals surface area contributed by atoms with Crippen molar-refractivity contribution in [1.82, 2.24) is 9.78 Å². The molecule has 0 aliphatic heterocycles. The Labute approximate surface area is 158 Å². The molecule has 0 spiro atoms. The van der Waals surface area contributed by atoms with Crippen molar-refractivity contribution in [1.29, 1.82) is 0 Å². The van der Waals surface area contributed by atoms with E-state index in [1.54, 1.807) is 17.9 Å². The molecule has 0 aliphatic rings. The van der Waals surface area contributed by atoms with Crippen molar-refractivity contribution >= 4 is 11.6 Å². The third kappa shape index (κ3) is 3.82. The number of para-hydroxylation sites is 1. The van der Waals surface area contributed by atoms with Crippen LogP contribution in [0.25, 0.3) is 11.3 Å². The van der Waals surface area contributed by atoms with Crippen LogP contribution in [0.5, 0.6) is 0 Å². The zero-order chi connectivity index (χ0) is 19.4. The fraction of sp³-hybridized carbons (Fsp3) is 0.227. The normalized spacial score (nSPS) is 11.8. The molecule has 1 aromatic heterocycles. The molecule has 0 fully saturated rings. The number of amides is 1. The van der Waals surface area contributed by atoms with E-state index in [2.05, 4.69) is 5.10 Å². The van der Waals surface area contributed by atoms with Crippen molar-refractivity contribution in [2.75, 3.05) is 11.4 Å². The first-order chi connectivity index (χ1) is 13.0. The van der Waals surface area contributed by atoms with Gasteiger partial charge in [0.25, 0.3) is 11.5 Å². The summed E-state index contributed by atoms with van der Waals surface area (Å²) in [7, 11) is 0. The van der Waals surface area contributed by atoms with Gasteiger partial charge in [0.15, 0.2) is 0 Å². The molecule has 5 heteroatoms. The van der Waals surface area contributed by atoms with Gasteiger partial charge in [-0.25, -0.2) is 4.68 Å². The van der Waals surface area contributed by atoms with Crippen molar-refractivity contribution in [3.8, 4) is 11.3 Å². The number of carbonyl (C=O) groups excluding carboxylic acids is 1. The van der Waals surface area contributed by atoms with E-state index < -0.39 is 6.04 Å². The largest absolute Gasteiger partial charge is 0.311 e. The summed E-state index contributed by atoms with van der Waals surface area (Å²) in [6.07, 6.45) is 0. The van der Waals surface area contributed by atoms with Gasteiger partial charge in [-0.2, -0.15) is 5.10 Å². The Hall–Kier alpha value is -3.21. The number of aromatic nitrogens is 2. The predicted octanol–water partition coefficient (Wildman–Crippen LogP) is 3.83. The van der Waals surface area contributed by atoms with Gasteiger partial charge >= 0.3 is 0 Å². The molecule has 5 nitrogen and oxygen atoms in total. The molecule has 1 amide bonds. The molecule has 0 bridgehead atoms. The Morgan fingerprint density at radius 1 is 1.04 bits per heavy atom. The molecular weight excluding hydrogens is 338 g/mol. The Morgan fingerprint density at radius 3 is 2.37 bits per heavy atom. The minimum atomic E-state index is -0.708. The standard InChI is InChI=1S/C22H23N3O2/c1-4-24(20-13-9-8-10-16(20)2)22(27)17(3)25-21(26)15-14-19(23-25)18-11-6-5-7-12-18/h5-15,17H,4H2,1-3H3. The first-order valence-electron chi connectivity index (χ1n) is 9.05. The van der Waals surface area contributed by atoms with Crippen LogP contribution in [0.4, 0.5) is 5.69 Å². The van der Waals surface area contributed by atoms with Gasteiger partial charge in [-0.1, -0.05) is 48.5 Å². The maximum atomic E-state index is 13.2. The van der Waals surface area contributed by atoms with Crippen molar-refractivity contribution in [2.45, 2.75) is 26.8 Å². The maximum Gasteiger partial charge on any atom is 0.267 e. The van der Waals surface area contributed by atoms with Gasteiger partial charge in [0.05, 0.1) is 5.69 Å². The van der Waals surface area contributed by atoms with E-state index in [0.717, 1.165) is 16.8 Å². The number of hydrogen-bond donors (Lipinski definition) is 0. The predicted molar refractivity (Wildman–Crippen MR) is 108 cm³/mol. The van der Waals surface area contributed by atoms with Crippen LogP contribution in [0.15, 0.2) is 71.5 Å². The number of hydrogen-bond acceptors (Lipinski definition) is 3. The number of anilines is 1. The number of aryl methyl sites for hydroxylation is 1. The second kappa shape index (κ2) is 7.99. The van der Waals surface area contributed by atoms with E-state index >= 15 is 0 Å². The second-order valence-corrected chi connectivity index (χ2v) is 6.41. The van der Waals surface area contributed by atoms with E-state index in [1.807, 2.05) is 68.4 Å². The maximum absolute atomic E-state index is 13.2. The van der Waals surface area contributed by atoms with Crippen LogP contribution >= 0.6 is 0 Å². The lowest BCUT2D eigenvalue weighted by Crippen LogP contribution is -2.40. The van der Waals surface area contributed by atoms with Crippen molar-refractivity contribution in [2.24, 2.45) is 0 Å². The lowest BCUT2D eigenvalue weighted by Gasteiger charge is -2.26. The summed E-state index contributed by atoms with van der Waals surface area (Å²) in [6.45, 7) is 6.12. The van der Waals surface area contributed by atoms with Crippen LogP contribution in [0, 0.1) is 6.92 Å². The van der Waals surface area contributed by atoms with Crippen molar-refractivity contribution < 1.29 is 4.79 Å². The lowest BCUT2D eigenvalue weighted by atomic mass is 10.1. The zero-order valence-corrected chi connectivity index (χ0v) is 15.8. The molecule has 3 aromatic rings. The molecule has 2 aromatic carbocycles. The molecule has 0 radical (unpaired) electrons. The molecule has 138 valence electrons. The molecule has 1 atom stereocenters. The first-order valence-corrected chi connectivity index (χ1v) is 9.05. The minimum Gasteiger partial charge on any atom is -0.311 e. The molecular formula is C22H23N3O2. The quantitative estimate of drug-likeness (QED) is 0.694. The van der Waals surface area contributed by atoms with Crippen molar-refractivity contribution in [3.05, 3.63) is 82.6 Å². The van der Waals surface area contributed by atoms with Crippen LogP contribution in [-0.2, 0) is 4.79 Å². The summed E-state index contributed by atoms with van der Waals surface area (Å²) < 4.78 is 1.27. The Kier molecular flexibility index (Phi) is 5.50. The van der Waals surface area contributed by atoms with Crippen LogP contribution in [-0.4, -0.2) is 22.2 Å². The third-order valence-electron chi connectivity index (χ3n) is 4.61. The van der Waals surface area contributed by atoms with Gasteiger partial charge in [-0.05, 0) is 38.5 Å². The Balaban J connectivity index is 1.97. The highest BCUT2D eigenvalue weighted by atomic mass is 16.2.